The summed E-state index contributed by atoms with van der Waals surface area (Å²) in [6.45, 7) is 23.8. The Bertz CT molecular complexity index is 918. The monoisotopic (exact) mass is 541 g/mol. The van der Waals surface area contributed by atoms with E-state index < -0.39 is 6.15 Å². The van der Waals surface area contributed by atoms with Gasteiger partial charge >= 0.3 is 0 Å². The minimum Gasteiger partial charge on any atom is -0.324 e. The molecule has 0 aliphatic carbocycles. The highest BCUT2D eigenvalue weighted by Gasteiger charge is 2.25. The molecule has 3 aromatic carbocycles. The van der Waals surface area contributed by atoms with Crippen molar-refractivity contribution in [1.29, 1.82) is 0 Å². The maximum absolute atomic E-state index is 2.39. The number of hydrogen-bond donors (Lipinski definition) is 0. The molecule has 0 aromatic heterocycles. The first-order valence-electron chi connectivity index (χ1n) is 16.5. The normalized spacial score (nSPS) is 11.7. The molecular weight excluding hydrogens is 481 g/mol. The van der Waals surface area contributed by atoms with E-state index in [0.717, 1.165) is 0 Å². The van der Waals surface area contributed by atoms with Gasteiger partial charge in [-0.25, -0.2) is 16.4 Å². The van der Waals surface area contributed by atoms with E-state index in [-0.39, 0.29) is 0 Å². The summed E-state index contributed by atoms with van der Waals surface area (Å²) in [5.74, 6) is 0. The summed E-state index contributed by atoms with van der Waals surface area (Å²) in [6, 6.07) is 27.0. The number of nitrogens with zero attached hydrogens (tertiary/aromatic N) is 1. The molecule has 0 spiro atoms. The molecule has 0 amide bonds. The van der Waals surface area contributed by atoms with E-state index in [0.29, 0.717) is 0 Å². The second kappa shape index (κ2) is 17.5. The molecule has 0 saturated heterocycles. The van der Waals surface area contributed by atoms with Gasteiger partial charge in [-0.1, -0.05) is 143 Å². The van der Waals surface area contributed by atoms with Crippen LogP contribution < -0.4 is 16.4 Å². The van der Waals surface area contributed by atoms with Gasteiger partial charge in [0, 0.05) is 0 Å². The lowest BCUT2D eigenvalue weighted by molar-refractivity contribution is -0.929. The predicted octanol–water partition coefficient (Wildman–Crippen LogP) is 8.72. The molecule has 0 heterocycles. The topological polar surface area (TPSA) is 0 Å². The SMILES string of the molecule is CCCC[N+](CCCC)(CCCC)CCCC.Cc1ccc([B-](C)(c2ccc(C)cc2)c2ccc(C)cc2)cc1. The molecule has 3 aromatic rings. The lowest BCUT2D eigenvalue weighted by atomic mass is 9.17. The van der Waals surface area contributed by atoms with Gasteiger partial charge in [0.15, 0.2) is 0 Å². The number of aryl methyl sites for hydroxylation is 3. The highest BCUT2D eigenvalue weighted by molar-refractivity contribution is 7.10. The van der Waals surface area contributed by atoms with E-state index in [1.807, 2.05) is 0 Å². The Labute approximate surface area is 248 Å². The molecule has 0 unspecified atom stereocenters. The van der Waals surface area contributed by atoms with E-state index in [4.69, 9.17) is 0 Å². The van der Waals surface area contributed by atoms with E-state index >= 15 is 0 Å². The maximum Gasteiger partial charge on any atom is 0.0787 e. The van der Waals surface area contributed by atoms with Crippen LogP contribution in [0, 0.1) is 20.8 Å². The van der Waals surface area contributed by atoms with Crippen LogP contribution in [0.3, 0.4) is 0 Å². The molecule has 0 radical (unpaired) electrons. The summed E-state index contributed by atoms with van der Waals surface area (Å²) >= 11 is 0. The number of hydrogen-bond acceptors (Lipinski definition) is 0. The second-order valence-corrected chi connectivity index (χ2v) is 12.7. The average Bonchev–Trinajstić information content (AvgIpc) is 2.97. The Kier molecular flexibility index (Phi) is 14.8. The Balaban J connectivity index is 0.000000296. The Morgan fingerprint density at radius 3 is 0.850 bits per heavy atom. The maximum atomic E-state index is 2.39. The highest BCUT2D eigenvalue weighted by Crippen LogP contribution is 2.16. The van der Waals surface area contributed by atoms with Gasteiger partial charge < -0.3 is 4.48 Å². The van der Waals surface area contributed by atoms with Crippen molar-refractivity contribution < 1.29 is 4.48 Å². The van der Waals surface area contributed by atoms with Crippen LogP contribution in [0.1, 0.15) is 95.8 Å². The van der Waals surface area contributed by atoms with Gasteiger partial charge in [0.25, 0.3) is 0 Å². The minimum absolute atomic E-state index is 0.955. The summed E-state index contributed by atoms with van der Waals surface area (Å²) in [7, 11) is 0. The highest BCUT2D eigenvalue weighted by atomic mass is 15.3. The molecule has 1 nitrogen and oxygen atoms in total. The van der Waals surface area contributed by atoms with Crippen molar-refractivity contribution in [3.63, 3.8) is 0 Å². The molecule has 40 heavy (non-hydrogen) atoms. The zero-order chi connectivity index (χ0) is 29.4. The summed E-state index contributed by atoms with van der Waals surface area (Å²) in [5, 5.41) is 0. The van der Waals surface area contributed by atoms with Gasteiger partial charge in [-0.15, -0.1) is 0 Å². The van der Waals surface area contributed by atoms with Crippen molar-refractivity contribution in [1.82, 2.24) is 0 Å². The van der Waals surface area contributed by atoms with E-state index in [9.17, 15) is 0 Å². The van der Waals surface area contributed by atoms with Crippen LogP contribution in [0.25, 0.3) is 0 Å². The standard InChI is InChI=1S/C22H24B.C16H36N/c1-17-5-11-20(12-6-17)23(4,21-13-7-18(2)8-14-21)22-15-9-19(3)10-16-22;1-5-9-13-17(14-10-6-2,15-11-7-3)16-12-8-4/h5-16H,1-4H3;5-16H2,1-4H3/q-1;+1. The largest absolute Gasteiger partial charge is 0.324 e. The number of benzene rings is 3. The fourth-order valence-electron chi connectivity index (χ4n) is 6.08. The van der Waals surface area contributed by atoms with Gasteiger partial charge in [0.1, 0.15) is 0 Å². The molecule has 0 saturated carbocycles. The number of quaternary nitrogens is 1. The number of rotatable bonds is 15. The third-order valence-corrected chi connectivity index (χ3v) is 9.18. The molecule has 220 valence electrons. The third kappa shape index (κ3) is 9.95. The summed E-state index contributed by atoms with van der Waals surface area (Å²) in [4.78, 5) is 0. The molecule has 0 aliphatic heterocycles. The first kappa shape index (κ1) is 33.9. The van der Waals surface area contributed by atoms with Crippen LogP contribution in [-0.2, 0) is 0 Å². The predicted molar refractivity (Wildman–Crippen MR) is 183 cm³/mol. The third-order valence-electron chi connectivity index (χ3n) is 9.18. The molecule has 0 atom stereocenters. The van der Waals surface area contributed by atoms with Gasteiger partial charge in [0.2, 0.25) is 0 Å². The molecule has 0 N–H and O–H groups in total. The molecule has 3 rings (SSSR count). The molecule has 2 heteroatoms. The van der Waals surface area contributed by atoms with Crippen molar-refractivity contribution >= 4 is 22.5 Å². The minimum atomic E-state index is -0.955. The molecule has 0 fully saturated rings. The Morgan fingerprint density at radius 2 is 0.650 bits per heavy atom. The van der Waals surface area contributed by atoms with Gasteiger partial charge in [-0.3, -0.25) is 0 Å². The van der Waals surface area contributed by atoms with Gasteiger partial charge in [-0.2, -0.15) is 6.82 Å². The lowest BCUT2D eigenvalue weighted by Crippen LogP contribution is -2.64. The van der Waals surface area contributed by atoms with Crippen molar-refractivity contribution in [3.8, 4) is 0 Å². The van der Waals surface area contributed by atoms with E-state index in [1.165, 1.54) is 115 Å². The van der Waals surface area contributed by atoms with Gasteiger partial charge in [-0.05, 0) is 46.5 Å². The van der Waals surface area contributed by atoms with Crippen LogP contribution in [0.2, 0.25) is 6.82 Å². The van der Waals surface area contributed by atoms with Crippen molar-refractivity contribution in [2.45, 2.75) is 107 Å². The van der Waals surface area contributed by atoms with Crippen molar-refractivity contribution in [2.24, 2.45) is 0 Å². The first-order valence-corrected chi connectivity index (χ1v) is 16.5. The summed E-state index contributed by atoms with van der Waals surface area (Å²) in [5.41, 5.74) is 8.09. The Morgan fingerprint density at radius 1 is 0.425 bits per heavy atom. The Hall–Kier alpha value is -2.32. The number of unbranched alkanes of at least 4 members (excludes halogenated alkanes) is 4. The van der Waals surface area contributed by atoms with Crippen LogP contribution in [-0.4, -0.2) is 36.8 Å². The van der Waals surface area contributed by atoms with Crippen LogP contribution in [0.5, 0.6) is 0 Å². The molecule has 0 bridgehead atoms. The van der Waals surface area contributed by atoms with Crippen molar-refractivity contribution in [2.75, 3.05) is 26.2 Å². The smallest absolute Gasteiger partial charge is 0.0787 e. The fraction of sp³-hybridized carbons (Fsp3) is 0.526. The summed E-state index contributed by atoms with van der Waals surface area (Å²) < 4.78 is 1.42. The lowest BCUT2D eigenvalue weighted by Gasteiger charge is -2.39. The van der Waals surface area contributed by atoms with Crippen molar-refractivity contribution in [3.05, 3.63) is 89.5 Å². The fourth-order valence-corrected chi connectivity index (χ4v) is 6.08. The quantitative estimate of drug-likeness (QED) is 0.133. The molecule has 0 aliphatic rings. The zero-order valence-electron chi connectivity index (χ0n) is 27.4. The zero-order valence-corrected chi connectivity index (χ0v) is 27.4. The van der Waals surface area contributed by atoms with Crippen LogP contribution in [0.4, 0.5) is 0 Å². The molecular formula is C38H60BN. The van der Waals surface area contributed by atoms with Crippen LogP contribution in [0.15, 0.2) is 72.8 Å². The van der Waals surface area contributed by atoms with E-state index in [2.05, 4.69) is 128 Å². The van der Waals surface area contributed by atoms with E-state index in [1.54, 1.807) is 0 Å². The van der Waals surface area contributed by atoms with Crippen LogP contribution >= 0.6 is 0 Å². The average molecular weight is 542 g/mol. The first-order chi connectivity index (χ1) is 19.2. The summed E-state index contributed by atoms with van der Waals surface area (Å²) in [6.07, 6.45) is 10.1. The van der Waals surface area contributed by atoms with Gasteiger partial charge in [0.05, 0.1) is 32.3 Å². The second-order valence-electron chi connectivity index (χ2n) is 12.7.